The quantitative estimate of drug-likeness (QED) is 0.0647. The fraction of sp³-hybridized carbons (Fsp3) is 0.143. The van der Waals surface area contributed by atoms with E-state index in [0.29, 0.717) is 29.8 Å². The number of rotatable bonds is 14. The summed E-state index contributed by atoms with van der Waals surface area (Å²) in [4.78, 5) is 0. The topological polar surface area (TPSA) is 58.9 Å². The van der Waals surface area contributed by atoms with Gasteiger partial charge < -0.3 is 19.5 Å². The molecule has 0 aromatic heterocycles. The van der Waals surface area contributed by atoms with Gasteiger partial charge in [-0.3, -0.25) is 0 Å². The molecular formula is C56H42BBrF12O4. The van der Waals surface area contributed by atoms with E-state index in [1.165, 1.54) is 35.4 Å². The average Bonchev–Trinajstić information content (AvgIpc) is 3.35. The average molecular weight is 1100 g/mol. The molecule has 8 aromatic rings. The van der Waals surface area contributed by atoms with Crippen LogP contribution in [0.3, 0.4) is 0 Å². The van der Waals surface area contributed by atoms with Crippen LogP contribution < -0.4 is 14.9 Å². The van der Waals surface area contributed by atoms with E-state index >= 15 is 0 Å². The van der Waals surface area contributed by atoms with Crippen molar-refractivity contribution in [3.05, 3.63) is 230 Å². The van der Waals surface area contributed by atoms with E-state index in [2.05, 4.69) is 29.8 Å². The third-order valence-corrected chi connectivity index (χ3v) is 11.5. The summed E-state index contributed by atoms with van der Waals surface area (Å²) in [7, 11) is -1.78. The van der Waals surface area contributed by atoms with E-state index in [4.69, 9.17) is 19.5 Å². The van der Waals surface area contributed by atoms with Crippen molar-refractivity contribution in [2.24, 2.45) is 0 Å². The first-order valence-electron chi connectivity index (χ1n) is 22.6. The van der Waals surface area contributed by atoms with Gasteiger partial charge in [-0.2, -0.15) is 0 Å². The largest absolute Gasteiger partial charge is 0.491 e. The second-order valence-electron chi connectivity index (χ2n) is 16.5. The Bertz CT molecular complexity index is 3140. The van der Waals surface area contributed by atoms with Gasteiger partial charge in [-0.1, -0.05) is 115 Å². The van der Waals surface area contributed by atoms with Crippen molar-refractivity contribution in [1.82, 2.24) is 0 Å². The van der Waals surface area contributed by atoms with Crippen LogP contribution in [0.15, 0.2) is 138 Å². The van der Waals surface area contributed by atoms with E-state index in [0.717, 1.165) is 66.6 Å². The highest BCUT2D eigenvalue weighted by atomic mass is 79.9. The van der Waals surface area contributed by atoms with Gasteiger partial charge in [0.25, 0.3) is 0 Å². The Labute approximate surface area is 426 Å². The van der Waals surface area contributed by atoms with Crippen LogP contribution in [-0.4, -0.2) is 17.2 Å². The molecule has 0 saturated carbocycles. The van der Waals surface area contributed by atoms with Gasteiger partial charge in [0.2, 0.25) is 0 Å². The van der Waals surface area contributed by atoms with Crippen molar-refractivity contribution in [3.63, 3.8) is 0 Å². The van der Waals surface area contributed by atoms with Gasteiger partial charge in [0.1, 0.15) is 24.8 Å². The molecule has 0 fully saturated rings. The number of hydrogen-bond donors (Lipinski definition) is 2. The summed E-state index contributed by atoms with van der Waals surface area (Å²) in [6.07, 6.45) is 4.09. The summed E-state index contributed by atoms with van der Waals surface area (Å²) in [5.74, 6) is -15.9. The first-order valence-corrected chi connectivity index (χ1v) is 23.4. The molecule has 0 unspecified atom stereocenters. The number of aryl methyl sites for hydroxylation is 2. The van der Waals surface area contributed by atoms with Crippen molar-refractivity contribution in [1.29, 1.82) is 0 Å². The maximum absolute atomic E-state index is 14.9. The third kappa shape index (κ3) is 14.6. The lowest BCUT2D eigenvalue weighted by molar-refractivity contribution is 0.272. The molecule has 0 aliphatic heterocycles. The molecule has 0 heterocycles. The molecule has 18 heteroatoms. The van der Waals surface area contributed by atoms with Gasteiger partial charge in [-0.05, 0) is 124 Å². The highest BCUT2D eigenvalue weighted by molar-refractivity contribution is 9.10. The Hall–Kier alpha value is -7.02. The number of ether oxygens (including phenoxy) is 2. The summed E-state index contributed by atoms with van der Waals surface area (Å²) < 4.78 is 173. The van der Waals surface area contributed by atoms with Crippen LogP contribution in [0.2, 0.25) is 0 Å². The maximum atomic E-state index is 14.9. The normalized spacial score (nSPS) is 10.8. The Kier molecular flexibility index (Phi) is 19.6. The second kappa shape index (κ2) is 25.8. The molecule has 4 nitrogen and oxygen atoms in total. The Morgan fingerprint density at radius 1 is 0.378 bits per heavy atom. The molecule has 8 aromatic carbocycles. The van der Waals surface area contributed by atoms with Gasteiger partial charge in [0, 0.05) is 15.5 Å². The van der Waals surface area contributed by atoms with Gasteiger partial charge in [-0.15, -0.1) is 0 Å². The minimum atomic E-state index is -1.78. The Morgan fingerprint density at radius 2 is 0.730 bits per heavy atom. The third-order valence-electron chi connectivity index (χ3n) is 11.0. The standard InChI is InChI=1S/C28H20F6O.C15H16BFO2.C13H6BrF5O/c1-2-3-16-4-6-18(7-5-16)19-8-9-21(22(29)12-19)20-13-25(32)28(26(33)14-20)35-15-17-10-23(30)27(34)24(31)11-17;1-2-3-11-4-6-12(7-5-11)13-8-9-14(16(18)19)15(17)10-13;14-7-3-10(17)13(11(18)4-7)20-5-6-1-8(15)12(19)9(16)2-6/h4-14H,2-3,15H2,1H3;4-10,18-19H,2-3H2,1H3;1-4H,5H2. The second-order valence-corrected chi connectivity index (χ2v) is 17.4. The van der Waals surface area contributed by atoms with Crippen LogP contribution in [0.1, 0.15) is 48.9 Å². The first-order chi connectivity index (χ1) is 35.3. The monoisotopic (exact) mass is 1100 g/mol. The molecule has 8 rings (SSSR count). The van der Waals surface area contributed by atoms with E-state index in [1.54, 1.807) is 12.1 Å². The molecule has 0 bridgehead atoms. The highest BCUT2D eigenvalue weighted by Gasteiger charge is 2.20. The smallest absolute Gasteiger partial charge is 0.483 e. The number of benzene rings is 8. The molecule has 0 aliphatic carbocycles. The van der Waals surface area contributed by atoms with E-state index < -0.39 is 102 Å². The molecule has 384 valence electrons. The molecule has 0 saturated heterocycles. The zero-order chi connectivity index (χ0) is 53.8. The van der Waals surface area contributed by atoms with Crippen LogP contribution in [-0.2, 0) is 26.1 Å². The maximum Gasteiger partial charge on any atom is 0.491 e. The van der Waals surface area contributed by atoms with Gasteiger partial charge in [0.15, 0.2) is 69.7 Å². The van der Waals surface area contributed by atoms with Gasteiger partial charge in [-0.25, -0.2) is 52.7 Å². The van der Waals surface area contributed by atoms with Gasteiger partial charge in [0.05, 0.1) is 0 Å². The molecule has 2 N–H and O–H groups in total. The van der Waals surface area contributed by atoms with E-state index in [-0.39, 0.29) is 32.2 Å². The van der Waals surface area contributed by atoms with Crippen LogP contribution in [0.4, 0.5) is 52.7 Å². The predicted molar refractivity (Wildman–Crippen MR) is 262 cm³/mol. The fourth-order valence-corrected chi connectivity index (χ4v) is 7.77. The summed E-state index contributed by atoms with van der Waals surface area (Å²) >= 11 is 2.89. The zero-order valence-corrected chi connectivity index (χ0v) is 40.7. The van der Waals surface area contributed by atoms with Crippen molar-refractivity contribution < 1.29 is 72.2 Å². The molecule has 0 spiro atoms. The Morgan fingerprint density at radius 3 is 1.09 bits per heavy atom. The molecule has 0 aliphatic rings. The SMILES string of the molecule is CCCc1ccc(-c2ccc(-c3cc(F)c(OCc4cc(F)c(F)c(F)c4)c(F)c3)c(F)c2)cc1.CCCc1ccc(-c2ccc(B(O)O)c(F)c2)cc1.Fc1cc(COc2c(F)cc(Br)cc2F)cc(F)c1F. The van der Waals surface area contributed by atoms with Crippen LogP contribution in [0, 0.1) is 69.8 Å². The van der Waals surface area contributed by atoms with Crippen molar-refractivity contribution in [2.45, 2.75) is 52.7 Å². The van der Waals surface area contributed by atoms with Crippen molar-refractivity contribution in [3.8, 4) is 44.9 Å². The minimum absolute atomic E-state index is 0.0108. The van der Waals surface area contributed by atoms with E-state index in [1.807, 2.05) is 48.5 Å². The molecule has 74 heavy (non-hydrogen) atoms. The Balaban J connectivity index is 0.000000195. The molecule has 0 amide bonds. The van der Waals surface area contributed by atoms with Crippen LogP contribution >= 0.6 is 15.9 Å². The van der Waals surface area contributed by atoms with Crippen molar-refractivity contribution >= 4 is 28.5 Å². The van der Waals surface area contributed by atoms with Crippen LogP contribution in [0.5, 0.6) is 11.5 Å². The summed E-state index contributed by atoms with van der Waals surface area (Å²) in [5.41, 5.74) is 5.09. The lowest BCUT2D eigenvalue weighted by Gasteiger charge is -2.12. The summed E-state index contributed by atoms with van der Waals surface area (Å²) in [6, 6.07) is 31.0. The first kappa shape index (κ1) is 56.3. The van der Waals surface area contributed by atoms with Crippen molar-refractivity contribution in [2.75, 3.05) is 0 Å². The molecule has 0 atom stereocenters. The molecular weight excluding hydrogens is 1060 g/mol. The minimum Gasteiger partial charge on any atom is -0.483 e. The van der Waals surface area contributed by atoms with Gasteiger partial charge >= 0.3 is 7.12 Å². The highest BCUT2D eigenvalue weighted by Crippen LogP contribution is 2.34. The number of hydrogen-bond acceptors (Lipinski definition) is 4. The van der Waals surface area contributed by atoms with E-state index in [9.17, 15) is 52.7 Å². The predicted octanol–water partition coefficient (Wildman–Crippen LogP) is 15.2. The lowest BCUT2D eigenvalue weighted by atomic mass is 9.79. The summed E-state index contributed by atoms with van der Waals surface area (Å²) in [5, 5.41) is 18.0. The fourth-order valence-electron chi connectivity index (χ4n) is 7.36. The zero-order valence-electron chi connectivity index (χ0n) is 39.1. The summed E-state index contributed by atoms with van der Waals surface area (Å²) in [6.45, 7) is 3.09. The number of halogens is 13. The molecule has 0 radical (unpaired) electrons. The lowest BCUT2D eigenvalue weighted by Crippen LogP contribution is -2.32. The van der Waals surface area contributed by atoms with Crippen LogP contribution in [0.25, 0.3) is 33.4 Å².